The molecule has 0 aliphatic carbocycles. The highest BCUT2D eigenvalue weighted by Crippen LogP contribution is 2.07. The predicted molar refractivity (Wildman–Crippen MR) is 45.1 cm³/mol. The van der Waals surface area contributed by atoms with E-state index in [0.717, 1.165) is 18.5 Å². The SMILES string of the molecule is CCNS(=O)(=O)c1cncc(F)c1. The Kier molecular flexibility index (Phi) is 2.94. The van der Waals surface area contributed by atoms with Gasteiger partial charge in [0.15, 0.2) is 0 Å². The summed E-state index contributed by atoms with van der Waals surface area (Å²) in [7, 11) is -3.59. The molecular formula is C7H9FN2O2S. The van der Waals surface area contributed by atoms with E-state index in [9.17, 15) is 12.8 Å². The minimum absolute atomic E-state index is 0.158. The van der Waals surface area contributed by atoms with Crippen LogP contribution in [0.1, 0.15) is 6.92 Å². The number of rotatable bonds is 3. The molecule has 1 N–H and O–H groups in total. The van der Waals surface area contributed by atoms with Crippen LogP contribution in [0.2, 0.25) is 0 Å². The maximum absolute atomic E-state index is 12.6. The van der Waals surface area contributed by atoms with Gasteiger partial charge in [-0.3, -0.25) is 4.98 Å². The summed E-state index contributed by atoms with van der Waals surface area (Å²) in [4.78, 5) is 3.28. The lowest BCUT2D eigenvalue weighted by Gasteiger charge is -2.02. The van der Waals surface area contributed by atoms with E-state index < -0.39 is 15.8 Å². The molecule has 0 fully saturated rings. The van der Waals surface area contributed by atoms with Gasteiger partial charge in [0.25, 0.3) is 0 Å². The zero-order chi connectivity index (χ0) is 9.90. The van der Waals surface area contributed by atoms with Crippen molar-refractivity contribution in [2.45, 2.75) is 11.8 Å². The molecule has 0 aliphatic heterocycles. The van der Waals surface area contributed by atoms with Gasteiger partial charge < -0.3 is 0 Å². The van der Waals surface area contributed by atoms with Crippen molar-refractivity contribution in [3.05, 3.63) is 24.3 Å². The van der Waals surface area contributed by atoms with Crippen LogP contribution in [-0.2, 0) is 10.0 Å². The second kappa shape index (κ2) is 3.80. The van der Waals surface area contributed by atoms with Gasteiger partial charge >= 0.3 is 0 Å². The number of aromatic nitrogens is 1. The summed E-state index contributed by atoms with van der Waals surface area (Å²) in [5, 5.41) is 0. The Hall–Kier alpha value is -1.01. The first kappa shape index (κ1) is 10.1. The van der Waals surface area contributed by atoms with E-state index in [1.54, 1.807) is 6.92 Å². The normalized spacial score (nSPS) is 11.5. The minimum atomic E-state index is -3.59. The van der Waals surface area contributed by atoms with Crippen molar-refractivity contribution in [2.24, 2.45) is 0 Å². The molecule has 0 radical (unpaired) electrons. The molecule has 0 spiro atoms. The van der Waals surface area contributed by atoms with Gasteiger partial charge in [0, 0.05) is 12.7 Å². The van der Waals surface area contributed by atoms with E-state index in [1.807, 2.05) is 0 Å². The molecule has 0 atom stereocenters. The maximum Gasteiger partial charge on any atom is 0.242 e. The molecule has 6 heteroatoms. The number of nitrogens with zero attached hydrogens (tertiary/aromatic N) is 1. The number of nitrogens with one attached hydrogen (secondary N) is 1. The molecule has 0 aromatic carbocycles. The molecule has 4 nitrogen and oxygen atoms in total. The Labute approximate surface area is 75.9 Å². The average molecular weight is 204 g/mol. The second-order valence-electron chi connectivity index (χ2n) is 2.34. The van der Waals surface area contributed by atoms with Gasteiger partial charge in [0.2, 0.25) is 10.0 Å². The summed E-state index contributed by atoms with van der Waals surface area (Å²) in [5.41, 5.74) is 0. The molecule has 72 valence electrons. The molecular weight excluding hydrogens is 195 g/mol. The van der Waals surface area contributed by atoms with Gasteiger partial charge in [-0.15, -0.1) is 0 Å². The third kappa shape index (κ3) is 2.46. The second-order valence-corrected chi connectivity index (χ2v) is 4.11. The van der Waals surface area contributed by atoms with Crippen LogP contribution in [-0.4, -0.2) is 19.9 Å². The van der Waals surface area contributed by atoms with E-state index in [4.69, 9.17) is 0 Å². The van der Waals surface area contributed by atoms with Gasteiger partial charge in [-0.05, 0) is 6.07 Å². The van der Waals surface area contributed by atoms with Gasteiger partial charge in [0.05, 0.1) is 6.20 Å². The topological polar surface area (TPSA) is 59.1 Å². The summed E-state index contributed by atoms with van der Waals surface area (Å²) < 4.78 is 37.3. The monoisotopic (exact) mass is 204 g/mol. The van der Waals surface area contributed by atoms with Gasteiger partial charge in [-0.1, -0.05) is 6.92 Å². The van der Waals surface area contributed by atoms with Crippen molar-refractivity contribution in [3.8, 4) is 0 Å². The third-order valence-electron chi connectivity index (χ3n) is 1.32. The lowest BCUT2D eigenvalue weighted by atomic mass is 10.5. The van der Waals surface area contributed by atoms with Gasteiger partial charge in [0.1, 0.15) is 10.7 Å². The van der Waals surface area contributed by atoms with Crippen LogP contribution in [0.25, 0.3) is 0 Å². The van der Waals surface area contributed by atoms with Crippen molar-refractivity contribution < 1.29 is 12.8 Å². The van der Waals surface area contributed by atoms with Crippen molar-refractivity contribution >= 4 is 10.0 Å². The van der Waals surface area contributed by atoms with Crippen molar-refractivity contribution in [1.29, 1.82) is 0 Å². The van der Waals surface area contributed by atoms with Crippen molar-refractivity contribution in [2.75, 3.05) is 6.54 Å². The van der Waals surface area contributed by atoms with E-state index >= 15 is 0 Å². The molecule has 0 saturated carbocycles. The smallest absolute Gasteiger partial charge is 0.242 e. The van der Waals surface area contributed by atoms with Gasteiger partial charge in [-0.25, -0.2) is 17.5 Å². The van der Waals surface area contributed by atoms with E-state index in [0.29, 0.717) is 0 Å². The Balaban J connectivity index is 3.08. The van der Waals surface area contributed by atoms with Crippen LogP contribution in [0.3, 0.4) is 0 Å². The van der Waals surface area contributed by atoms with Crippen LogP contribution >= 0.6 is 0 Å². The van der Waals surface area contributed by atoms with Crippen LogP contribution in [0.4, 0.5) is 4.39 Å². The lowest BCUT2D eigenvalue weighted by Crippen LogP contribution is -2.23. The number of halogens is 1. The van der Waals surface area contributed by atoms with Crippen molar-refractivity contribution in [3.63, 3.8) is 0 Å². The summed E-state index contributed by atoms with van der Waals surface area (Å²) in [6.45, 7) is 1.91. The van der Waals surface area contributed by atoms with E-state index in [1.165, 1.54) is 0 Å². The first-order valence-corrected chi connectivity index (χ1v) is 5.15. The van der Waals surface area contributed by atoms with Crippen LogP contribution < -0.4 is 4.72 Å². The molecule has 1 aromatic rings. The molecule has 0 amide bonds. The molecule has 0 saturated heterocycles. The van der Waals surface area contributed by atoms with E-state index in [2.05, 4.69) is 9.71 Å². The fraction of sp³-hybridized carbons (Fsp3) is 0.286. The summed E-state index contributed by atoms with van der Waals surface area (Å²) >= 11 is 0. The largest absolute Gasteiger partial charge is 0.260 e. The number of hydrogen-bond donors (Lipinski definition) is 1. The number of hydrogen-bond acceptors (Lipinski definition) is 3. The van der Waals surface area contributed by atoms with E-state index in [-0.39, 0.29) is 11.4 Å². The molecule has 0 unspecified atom stereocenters. The molecule has 13 heavy (non-hydrogen) atoms. The fourth-order valence-electron chi connectivity index (χ4n) is 0.813. The Morgan fingerprint density at radius 2 is 2.23 bits per heavy atom. The number of sulfonamides is 1. The first-order valence-electron chi connectivity index (χ1n) is 3.66. The average Bonchev–Trinajstić information content (AvgIpc) is 2.04. The van der Waals surface area contributed by atoms with Crippen molar-refractivity contribution in [1.82, 2.24) is 9.71 Å². The highest BCUT2D eigenvalue weighted by atomic mass is 32.2. The third-order valence-corrected chi connectivity index (χ3v) is 2.84. The molecule has 1 heterocycles. The predicted octanol–water partition coefficient (Wildman–Crippen LogP) is 0.519. The highest BCUT2D eigenvalue weighted by molar-refractivity contribution is 7.89. The molecule has 1 aromatic heterocycles. The quantitative estimate of drug-likeness (QED) is 0.780. The maximum atomic E-state index is 12.6. The summed E-state index contributed by atoms with van der Waals surface area (Å²) in [6, 6.07) is 0.922. The zero-order valence-electron chi connectivity index (χ0n) is 6.99. The van der Waals surface area contributed by atoms with Crippen LogP contribution in [0, 0.1) is 5.82 Å². The zero-order valence-corrected chi connectivity index (χ0v) is 7.81. The number of pyridine rings is 1. The van der Waals surface area contributed by atoms with Gasteiger partial charge in [-0.2, -0.15) is 0 Å². The lowest BCUT2D eigenvalue weighted by molar-refractivity contribution is 0.577. The summed E-state index contributed by atoms with van der Waals surface area (Å²) in [5.74, 6) is -0.668. The highest BCUT2D eigenvalue weighted by Gasteiger charge is 2.12. The van der Waals surface area contributed by atoms with Crippen LogP contribution in [0.15, 0.2) is 23.4 Å². The Morgan fingerprint density at radius 1 is 1.54 bits per heavy atom. The van der Waals surface area contributed by atoms with Crippen LogP contribution in [0.5, 0.6) is 0 Å². The molecule has 1 rings (SSSR count). The molecule has 0 aliphatic rings. The summed E-state index contributed by atoms with van der Waals surface area (Å²) in [6.07, 6.45) is 2.05. The molecule has 0 bridgehead atoms. The Bertz CT molecular complexity index is 391. The fourth-order valence-corrected chi connectivity index (χ4v) is 1.83. The standard InChI is InChI=1S/C7H9FN2O2S/c1-2-10-13(11,12)7-3-6(8)4-9-5-7/h3-5,10H,2H2,1H3. The first-order chi connectivity index (χ1) is 6.06. The minimum Gasteiger partial charge on any atom is -0.260 e. The Morgan fingerprint density at radius 3 is 2.77 bits per heavy atom.